The molecular formula is C11H14ClN5S. The highest BCUT2D eigenvalue weighted by Crippen LogP contribution is 2.18. The molecule has 2 aromatic rings. The summed E-state index contributed by atoms with van der Waals surface area (Å²) >= 11 is 7.50. The molecule has 0 fully saturated rings. The number of nitrogens with zero attached hydrogens (tertiary/aromatic N) is 5. The van der Waals surface area contributed by atoms with Crippen LogP contribution in [0.1, 0.15) is 26.2 Å². The van der Waals surface area contributed by atoms with Gasteiger partial charge in [0.05, 0.1) is 0 Å². The lowest BCUT2D eigenvalue weighted by Gasteiger charge is -2.03. The summed E-state index contributed by atoms with van der Waals surface area (Å²) in [5.74, 6) is 1.50. The van der Waals surface area contributed by atoms with Gasteiger partial charge < -0.3 is 0 Å². The van der Waals surface area contributed by atoms with Crippen LogP contribution in [0.5, 0.6) is 0 Å². The second-order valence-corrected chi connectivity index (χ2v) is 5.11. The largest absolute Gasteiger partial charge is 0.274 e. The van der Waals surface area contributed by atoms with Crippen molar-refractivity contribution in [1.82, 2.24) is 24.5 Å². The van der Waals surface area contributed by atoms with Crippen LogP contribution < -0.4 is 0 Å². The molecular weight excluding hydrogens is 270 g/mol. The predicted molar refractivity (Wildman–Crippen MR) is 72.2 cm³/mol. The summed E-state index contributed by atoms with van der Waals surface area (Å²) in [6.45, 7) is 2.18. The molecule has 5 nitrogen and oxygen atoms in total. The first-order valence-electron chi connectivity index (χ1n) is 5.82. The SMILES string of the molecule is CCCCCSc1nc(Cl)nc(-n2ccnc2)n1. The topological polar surface area (TPSA) is 56.5 Å². The molecule has 0 spiro atoms. The van der Waals surface area contributed by atoms with Gasteiger partial charge in [0.25, 0.3) is 0 Å². The fourth-order valence-electron chi connectivity index (χ4n) is 1.39. The molecule has 18 heavy (non-hydrogen) atoms. The van der Waals surface area contributed by atoms with Gasteiger partial charge >= 0.3 is 0 Å². The second kappa shape index (κ2) is 6.70. The van der Waals surface area contributed by atoms with E-state index in [9.17, 15) is 0 Å². The Hall–Kier alpha value is -1.14. The fraction of sp³-hybridized carbons (Fsp3) is 0.455. The highest BCUT2D eigenvalue weighted by molar-refractivity contribution is 7.99. The molecule has 0 saturated heterocycles. The monoisotopic (exact) mass is 283 g/mol. The Kier molecular flexibility index (Phi) is 4.95. The molecule has 0 aromatic carbocycles. The zero-order valence-corrected chi connectivity index (χ0v) is 11.7. The number of halogens is 1. The number of aromatic nitrogens is 5. The maximum absolute atomic E-state index is 5.90. The summed E-state index contributed by atoms with van der Waals surface area (Å²) in [7, 11) is 0. The van der Waals surface area contributed by atoms with Crippen molar-refractivity contribution in [3.63, 3.8) is 0 Å². The molecule has 2 heterocycles. The third kappa shape index (κ3) is 3.68. The molecule has 0 amide bonds. The number of unbranched alkanes of at least 4 members (excludes halogenated alkanes) is 2. The number of imidazole rings is 1. The van der Waals surface area contributed by atoms with Crippen molar-refractivity contribution in [3.8, 4) is 5.95 Å². The molecule has 2 rings (SSSR count). The molecule has 0 atom stereocenters. The van der Waals surface area contributed by atoms with Gasteiger partial charge in [0, 0.05) is 18.1 Å². The summed E-state index contributed by atoms with van der Waals surface area (Å²) in [5, 5.41) is 0.876. The molecule has 0 aliphatic heterocycles. The van der Waals surface area contributed by atoms with E-state index in [0.717, 1.165) is 12.2 Å². The Bertz CT molecular complexity index is 488. The molecule has 0 unspecified atom stereocenters. The molecule has 2 aromatic heterocycles. The van der Waals surface area contributed by atoms with E-state index < -0.39 is 0 Å². The summed E-state index contributed by atoms with van der Waals surface area (Å²) in [5.41, 5.74) is 0. The summed E-state index contributed by atoms with van der Waals surface area (Å²) in [4.78, 5) is 16.5. The van der Waals surface area contributed by atoms with Crippen LogP contribution in [0, 0.1) is 0 Å². The number of rotatable bonds is 6. The summed E-state index contributed by atoms with van der Waals surface area (Å²) in [6, 6.07) is 0. The lowest BCUT2D eigenvalue weighted by molar-refractivity contribution is 0.774. The average molecular weight is 284 g/mol. The van der Waals surface area contributed by atoms with Crippen LogP contribution in [0.25, 0.3) is 5.95 Å². The van der Waals surface area contributed by atoms with E-state index >= 15 is 0 Å². The molecule has 0 N–H and O–H groups in total. The van der Waals surface area contributed by atoms with Gasteiger partial charge in [-0.1, -0.05) is 31.5 Å². The minimum absolute atomic E-state index is 0.215. The summed E-state index contributed by atoms with van der Waals surface area (Å²) < 4.78 is 1.71. The van der Waals surface area contributed by atoms with Crippen LogP contribution in [-0.2, 0) is 0 Å². The highest BCUT2D eigenvalue weighted by Gasteiger charge is 2.06. The van der Waals surface area contributed by atoms with E-state index in [1.54, 1.807) is 35.0 Å². The zero-order valence-electron chi connectivity index (χ0n) is 10.1. The van der Waals surface area contributed by atoms with E-state index in [4.69, 9.17) is 11.6 Å². The molecule has 0 radical (unpaired) electrons. The van der Waals surface area contributed by atoms with Crippen molar-refractivity contribution >= 4 is 23.4 Å². The van der Waals surface area contributed by atoms with Crippen molar-refractivity contribution in [3.05, 3.63) is 24.0 Å². The average Bonchev–Trinajstić information content (AvgIpc) is 2.88. The first-order valence-corrected chi connectivity index (χ1v) is 7.18. The van der Waals surface area contributed by atoms with Gasteiger partial charge in [-0.25, -0.2) is 4.98 Å². The number of hydrogen-bond acceptors (Lipinski definition) is 5. The maximum atomic E-state index is 5.90. The van der Waals surface area contributed by atoms with Gasteiger partial charge in [0.15, 0.2) is 5.16 Å². The molecule has 0 saturated carbocycles. The maximum Gasteiger partial charge on any atom is 0.240 e. The Morgan fingerprint density at radius 3 is 2.89 bits per heavy atom. The van der Waals surface area contributed by atoms with E-state index in [1.165, 1.54) is 12.8 Å². The Balaban J connectivity index is 2.07. The number of thioether (sulfide) groups is 1. The van der Waals surface area contributed by atoms with Crippen molar-refractivity contribution in [2.24, 2.45) is 0 Å². The summed E-state index contributed by atoms with van der Waals surface area (Å²) in [6.07, 6.45) is 8.67. The zero-order chi connectivity index (χ0) is 12.8. The van der Waals surface area contributed by atoms with Crippen molar-refractivity contribution in [1.29, 1.82) is 0 Å². The number of hydrogen-bond donors (Lipinski definition) is 0. The van der Waals surface area contributed by atoms with Crippen LogP contribution in [0.4, 0.5) is 0 Å². The normalized spacial score (nSPS) is 10.8. The highest BCUT2D eigenvalue weighted by atomic mass is 35.5. The quantitative estimate of drug-likeness (QED) is 0.602. The molecule has 0 aliphatic carbocycles. The van der Waals surface area contributed by atoms with Gasteiger partial charge in [-0.05, 0) is 18.0 Å². The minimum atomic E-state index is 0.215. The Morgan fingerprint density at radius 2 is 2.17 bits per heavy atom. The van der Waals surface area contributed by atoms with Crippen molar-refractivity contribution < 1.29 is 0 Å². The van der Waals surface area contributed by atoms with E-state index in [1.807, 2.05) is 0 Å². The van der Waals surface area contributed by atoms with E-state index in [0.29, 0.717) is 11.1 Å². The Morgan fingerprint density at radius 1 is 1.28 bits per heavy atom. The smallest absolute Gasteiger partial charge is 0.240 e. The lowest BCUT2D eigenvalue weighted by Crippen LogP contribution is -2.02. The van der Waals surface area contributed by atoms with Crippen LogP contribution in [0.3, 0.4) is 0 Å². The van der Waals surface area contributed by atoms with Crippen LogP contribution in [0.2, 0.25) is 5.28 Å². The van der Waals surface area contributed by atoms with Gasteiger partial charge in [0.1, 0.15) is 6.33 Å². The van der Waals surface area contributed by atoms with Gasteiger partial charge in [0.2, 0.25) is 11.2 Å². The van der Waals surface area contributed by atoms with Gasteiger partial charge in [-0.3, -0.25) is 4.57 Å². The van der Waals surface area contributed by atoms with Crippen molar-refractivity contribution in [2.45, 2.75) is 31.3 Å². The van der Waals surface area contributed by atoms with Crippen LogP contribution in [-0.4, -0.2) is 30.3 Å². The second-order valence-electron chi connectivity index (χ2n) is 3.71. The van der Waals surface area contributed by atoms with Crippen LogP contribution in [0.15, 0.2) is 23.9 Å². The Labute approximate surface area is 115 Å². The minimum Gasteiger partial charge on any atom is -0.274 e. The van der Waals surface area contributed by atoms with Crippen LogP contribution >= 0.6 is 23.4 Å². The standard InChI is InChI=1S/C11H14ClN5S/c1-2-3-4-7-18-11-15-9(12)14-10(16-11)17-6-5-13-8-17/h5-6,8H,2-4,7H2,1H3. The first kappa shape index (κ1) is 13.3. The van der Waals surface area contributed by atoms with E-state index in [-0.39, 0.29) is 5.28 Å². The lowest BCUT2D eigenvalue weighted by atomic mass is 10.3. The third-order valence-electron chi connectivity index (χ3n) is 2.29. The van der Waals surface area contributed by atoms with E-state index in [2.05, 4.69) is 26.9 Å². The molecule has 96 valence electrons. The third-order valence-corrected chi connectivity index (χ3v) is 3.39. The fourth-order valence-corrected chi connectivity index (χ4v) is 2.43. The first-order chi connectivity index (χ1) is 8.79. The molecule has 0 bridgehead atoms. The molecule has 7 heteroatoms. The van der Waals surface area contributed by atoms with Gasteiger partial charge in [-0.2, -0.15) is 15.0 Å². The predicted octanol–water partition coefficient (Wildman–Crippen LogP) is 2.99. The molecule has 0 aliphatic rings. The van der Waals surface area contributed by atoms with Gasteiger partial charge in [-0.15, -0.1) is 0 Å². The van der Waals surface area contributed by atoms with Crippen molar-refractivity contribution in [2.75, 3.05) is 5.75 Å².